The van der Waals surface area contributed by atoms with Crippen molar-refractivity contribution in [3.8, 4) is 16.3 Å². The number of rotatable bonds is 6. The van der Waals surface area contributed by atoms with E-state index >= 15 is 0 Å². The summed E-state index contributed by atoms with van der Waals surface area (Å²) in [6, 6.07) is 9.14. The second-order valence-electron chi connectivity index (χ2n) is 9.93. The van der Waals surface area contributed by atoms with E-state index in [-0.39, 0.29) is 25.0 Å². The third kappa shape index (κ3) is 4.82. The minimum atomic E-state index is -0.999. The highest BCUT2D eigenvalue weighted by molar-refractivity contribution is 7.12. The van der Waals surface area contributed by atoms with Crippen LogP contribution in [0.4, 0.5) is 10.2 Å². The Balaban J connectivity index is 1.75. The van der Waals surface area contributed by atoms with Gasteiger partial charge >= 0.3 is 5.69 Å². The van der Waals surface area contributed by atoms with E-state index in [4.69, 9.17) is 16.6 Å². The lowest BCUT2D eigenvalue weighted by Gasteiger charge is -2.40. The zero-order chi connectivity index (χ0) is 28.7. The van der Waals surface area contributed by atoms with Gasteiger partial charge in [0.25, 0.3) is 5.91 Å². The van der Waals surface area contributed by atoms with Crippen LogP contribution in [0.25, 0.3) is 33.4 Å². The minimum Gasteiger partial charge on any atom is -0.350 e. The molecule has 1 aliphatic rings. The molecule has 1 amide bonds. The number of benzene rings is 1. The van der Waals surface area contributed by atoms with Crippen LogP contribution in [0.15, 0.2) is 59.6 Å². The second kappa shape index (κ2) is 10.9. The molecule has 5 rings (SSSR count). The summed E-state index contributed by atoms with van der Waals surface area (Å²) in [7, 11) is 0. The van der Waals surface area contributed by atoms with Crippen molar-refractivity contribution in [1.82, 2.24) is 24.4 Å². The van der Waals surface area contributed by atoms with Crippen LogP contribution in [0, 0.1) is 0 Å². The normalized spacial score (nSPS) is 15.6. The number of piperazine rings is 1. The highest BCUT2D eigenvalue weighted by atomic mass is 35.5. The number of pyridine rings is 1. The van der Waals surface area contributed by atoms with Gasteiger partial charge in [-0.15, -0.1) is 11.3 Å². The zero-order valence-electron chi connectivity index (χ0n) is 22.4. The third-order valence-corrected chi connectivity index (χ3v) is 8.10. The average Bonchev–Trinajstić information content (AvgIpc) is 3.42. The first-order valence-electron chi connectivity index (χ1n) is 12.8. The summed E-state index contributed by atoms with van der Waals surface area (Å²) in [4.78, 5) is 43.4. The predicted molar refractivity (Wildman–Crippen MR) is 159 cm³/mol. The highest BCUT2D eigenvalue weighted by Crippen LogP contribution is 2.37. The molecule has 0 saturated carbocycles. The molecule has 0 aliphatic carbocycles. The summed E-state index contributed by atoms with van der Waals surface area (Å²) >= 11 is 8.21. The molecular formula is C29H28ClFN6O2S. The fourth-order valence-corrected chi connectivity index (χ4v) is 6.23. The Morgan fingerprint density at radius 1 is 1.25 bits per heavy atom. The summed E-state index contributed by atoms with van der Waals surface area (Å²) < 4.78 is 15.0. The number of aromatic nitrogens is 4. The number of hydrogen-bond donors (Lipinski definition) is 0. The Bertz CT molecular complexity index is 1710. The number of hydrogen-bond acceptors (Lipinski definition) is 7. The molecule has 1 fully saturated rings. The summed E-state index contributed by atoms with van der Waals surface area (Å²) in [6.07, 6.45) is 1.73. The number of carbonyl (C=O) groups excluding carboxylic acids is 1. The lowest BCUT2D eigenvalue weighted by Crippen LogP contribution is -2.54. The van der Waals surface area contributed by atoms with Crippen LogP contribution in [0.3, 0.4) is 0 Å². The molecular weight excluding hydrogens is 551 g/mol. The molecule has 8 nitrogen and oxygen atoms in total. The molecule has 0 radical (unpaired) electrons. The number of carbonyl (C=O) groups is 1. The quantitative estimate of drug-likeness (QED) is 0.267. The minimum absolute atomic E-state index is 0.0621. The van der Waals surface area contributed by atoms with Gasteiger partial charge in [0.05, 0.1) is 27.3 Å². The van der Waals surface area contributed by atoms with Crippen molar-refractivity contribution in [3.63, 3.8) is 0 Å². The van der Waals surface area contributed by atoms with Crippen molar-refractivity contribution in [2.45, 2.75) is 32.7 Å². The Labute approximate surface area is 240 Å². The van der Waals surface area contributed by atoms with Gasteiger partial charge in [-0.05, 0) is 24.5 Å². The van der Waals surface area contributed by atoms with Crippen molar-refractivity contribution in [2.75, 3.05) is 24.5 Å². The average molecular weight is 579 g/mol. The number of thiazole rings is 1. The first kappa shape index (κ1) is 27.7. The van der Waals surface area contributed by atoms with Crippen LogP contribution in [0.5, 0.6) is 0 Å². The number of amides is 1. The van der Waals surface area contributed by atoms with Crippen molar-refractivity contribution >= 4 is 51.8 Å². The van der Waals surface area contributed by atoms with Crippen LogP contribution in [-0.4, -0.2) is 56.0 Å². The van der Waals surface area contributed by atoms with Gasteiger partial charge in [0.2, 0.25) is 0 Å². The van der Waals surface area contributed by atoms with E-state index in [0.717, 1.165) is 16.8 Å². The number of halogens is 2. The molecule has 40 heavy (non-hydrogen) atoms. The topological polar surface area (TPSA) is 84.2 Å². The molecule has 11 heteroatoms. The standard InChI is InChI=1S/C29H28ClFN6O2S/c1-6-19-9-7-8-10-20(19)24-22(30)13-21-25(36-12-11-35(14-17(36)4)27(38)18(5)31)34-29(39)37(26(21)33-24)28-23(16(2)3)32-15-40-28/h6-10,13,15-17H,1,5,11-12,14H2,2-4H3/t17-/m0/s1. The van der Waals surface area contributed by atoms with Crippen LogP contribution < -0.4 is 10.6 Å². The molecule has 0 spiro atoms. The van der Waals surface area contributed by atoms with Crippen molar-refractivity contribution < 1.29 is 9.18 Å². The molecule has 1 saturated heterocycles. The van der Waals surface area contributed by atoms with Crippen LogP contribution in [-0.2, 0) is 4.79 Å². The molecule has 4 aromatic rings. The first-order valence-corrected chi connectivity index (χ1v) is 14.1. The Morgan fingerprint density at radius 3 is 2.67 bits per heavy atom. The van der Waals surface area contributed by atoms with Gasteiger partial charge in [-0.25, -0.2) is 23.7 Å². The molecule has 1 aromatic carbocycles. The molecule has 0 unspecified atom stereocenters. The van der Waals surface area contributed by atoms with E-state index < -0.39 is 17.4 Å². The maximum absolute atomic E-state index is 13.8. The summed E-state index contributed by atoms with van der Waals surface area (Å²) in [5, 5.41) is 1.61. The predicted octanol–water partition coefficient (Wildman–Crippen LogP) is 5.84. The molecule has 4 heterocycles. The maximum Gasteiger partial charge on any atom is 0.356 e. The van der Waals surface area contributed by atoms with Gasteiger partial charge in [-0.3, -0.25) is 4.79 Å². The molecule has 0 bridgehead atoms. The Kier molecular flexibility index (Phi) is 7.57. The Hall–Kier alpha value is -3.89. The summed E-state index contributed by atoms with van der Waals surface area (Å²) in [5.74, 6) is -1.27. The van der Waals surface area contributed by atoms with Crippen LogP contribution >= 0.6 is 22.9 Å². The van der Waals surface area contributed by atoms with Crippen molar-refractivity contribution in [3.05, 3.63) is 81.6 Å². The Morgan fingerprint density at radius 2 is 2.00 bits per heavy atom. The number of nitrogens with zero attached hydrogens (tertiary/aromatic N) is 6. The van der Waals surface area contributed by atoms with Gasteiger partial charge in [-0.1, -0.05) is 68.9 Å². The van der Waals surface area contributed by atoms with Crippen molar-refractivity contribution in [1.29, 1.82) is 0 Å². The van der Waals surface area contributed by atoms with E-state index in [1.165, 1.54) is 20.8 Å². The zero-order valence-corrected chi connectivity index (χ0v) is 24.0. The largest absolute Gasteiger partial charge is 0.356 e. The first-order chi connectivity index (χ1) is 19.1. The third-order valence-electron chi connectivity index (χ3n) is 6.98. The smallest absolute Gasteiger partial charge is 0.350 e. The second-order valence-corrected chi connectivity index (χ2v) is 11.2. The molecule has 1 atom stereocenters. The lowest BCUT2D eigenvalue weighted by atomic mass is 10.0. The highest BCUT2D eigenvalue weighted by Gasteiger charge is 2.31. The molecule has 206 valence electrons. The molecule has 3 aromatic heterocycles. The van der Waals surface area contributed by atoms with Crippen LogP contribution in [0.2, 0.25) is 5.02 Å². The SMILES string of the molecule is C=Cc1ccccc1-c1nc2c(cc1Cl)c(N1CCN(C(=O)C(=C)F)C[C@@H]1C)nc(=O)n2-c1scnc1C(C)C. The monoisotopic (exact) mass is 578 g/mol. The van der Waals surface area contributed by atoms with Gasteiger partial charge < -0.3 is 9.80 Å². The number of fused-ring (bicyclic) bond motifs is 1. The van der Waals surface area contributed by atoms with E-state index in [1.54, 1.807) is 17.7 Å². The summed E-state index contributed by atoms with van der Waals surface area (Å²) in [5.41, 5.74) is 4.50. The van der Waals surface area contributed by atoms with Crippen molar-refractivity contribution in [2.24, 2.45) is 0 Å². The fourth-order valence-electron chi connectivity index (χ4n) is 5.03. The maximum atomic E-state index is 13.8. The number of anilines is 1. The summed E-state index contributed by atoms with van der Waals surface area (Å²) in [6.45, 7) is 13.8. The van der Waals surface area contributed by atoms with E-state index in [9.17, 15) is 14.0 Å². The van der Waals surface area contributed by atoms with E-state index in [2.05, 4.69) is 23.1 Å². The van der Waals surface area contributed by atoms with E-state index in [0.29, 0.717) is 39.1 Å². The molecule has 1 aliphatic heterocycles. The lowest BCUT2D eigenvalue weighted by molar-refractivity contribution is -0.129. The van der Waals surface area contributed by atoms with Gasteiger partial charge in [0.1, 0.15) is 10.8 Å². The van der Waals surface area contributed by atoms with E-state index in [1.807, 2.05) is 49.9 Å². The van der Waals surface area contributed by atoms with Crippen LogP contribution in [0.1, 0.15) is 37.9 Å². The fraction of sp³-hybridized carbons (Fsp3) is 0.276. The van der Waals surface area contributed by atoms with Gasteiger partial charge in [-0.2, -0.15) is 4.98 Å². The van der Waals surface area contributed by atoms with Gasteiger partial charge in [0.15, 0.2) is 11.5 Å². The molecule has 0 N–H and O–H groups in total. The van der Waals surface area contributed by atoms with Gasteiger partial charge in [0, 0.05) is 31.2 Å².